The molecule has 154 valence electrons. The number of aromatic nitrogens is 4. The lowest BCUT2D eigenvalue weighted by molar-refractivity contribution is 0.311. The predicted molar refractivity (Wildman–Crippen MR) is 116 cm³/mol. The maximum Gasteiger partial charge on any atom is 0.349 e. The van der Waals surface area contributed by atoms with Crippen LogP contribution in [0.25, 0.3) is 22.6 Å². The van der Waals surface area contributed by atoms with Gasteiger partial charge in [0.25, 0.3) is 5.56 Å². The summed E-state index contributed by atoms with van der Waals surface area (Å²) >= 11 is 0. The Morgan fingerprint density at radius 3 is 2.70 bits per heavy atom. The number of hydrogen-bond acceptors (Lipinski definition) is 6. The third-order valence-corrected chi connectivity index (χ3v) is 5.07. The average molecular weight is 405 g/mol. The highest BCUT2D eigenvalue weighted by Gasteiger charge is 2.19. The Balaban J connectivity index is 1.83. The van der Waals surface area contributed by atoms with Gasteiger partial charge in [0, 0.05) is 18.8 Å². The zero-order valence-corrected chi connectivity index (χ0v) is 16.7. The number of fused-ring (bicyclic) bond motifs is 2. The highest BCUT2D eigenvalue weighted by molar-refractivity contribution is 5.84. The topological polar surface area (TPSA) is 113 Å². The summed E-state index contributed by atoms with van der Waals surface area (Å²) in [5.74, 6) is 0.279. The molecule has 2 aliphatic heterocycles. The first-order valence-corrected chi connectivity index (χ1v) is 9.90. The number of nitrogens with one attached hydrogen (secondary N) is 2. The minimum atomic E-state index is -0.684. The van der Waals surface area contributed by atoms with Crippen molar-refractivity contribution in [2.24, 2.45) is 0 Å². The van der Waals surface area contributed by atoms with Crippen molar-refractivity contribution >= 4 is 16.7 Å². The minimum absolute atomic E-state index is 0.0149. The molecule has 0 spiro atoms. The van der Waals surface area contributed by atoms with E-state index in [0.717, 1.165) is 29.6 Å². The van der Waals surface area contributed by atoms with Gasteiger partial charge in [0.2, 0.25) is 0 Å². The van der Waals surface area contributed by atoms with Crippen LogP contribution in [-0.4, -0.2) is 37.8 Å². The van der Waals surface area contributed by atoms with Crippen molar-refractivity contribution in [3.8, 4) is 11.5 Å². The van der Waals surface area contributed by atoms with Crippen molar-refractivity contribution in [1.82, 2.24) is 19.5 Å². The molecule has 0 atom stereocenters. The van der Waals surface area contributed by atoms with Crippen molar-refractivity contribution < 1.29 is 5.11 Å². The number of benzene rings is 2. The molecular formula is C22H23N5O3. The van der Waals surface area contributed by atoms with Crippen LogP contribution in [0, 0.1) is 6.92 Å². The fourth-order valence-corrected chi connectivity index (χ4v) is 3.64. The smallest absolute Gasteiger partial charge is 0.349 e. The molecule has 2 heterocycles. The van der Waals surface area contributed by atoms with Crippen molar-refractivity contribution in [3.63, 3.8) is 0 Å². The van der Waals surface area contributed by atoms with Crippen LogP contribution >= 0.6 is 0 Å². The molecule has 0 saturated carbocycles. The molecule has 8 heteroatoms. The summed E-state index contributed by atoms with van der Waals surface area (Å²) in [5.41, 5.74) is 3.39. The van der Waals surface area contributed by atoms with E-state index in [0.29, 0.717) is 18.6 Å². The number of hydrogen-bond donors (Lipinski definition) is 3. The fourth-order valence-electron chi connectivity index (χ4n) is 3.64. The fraction of sp³-hybridized carbons (Fsp3) is 0.273. The summed E-state index contributed by atoms with van der Waals surface area (Å²) in [7, 11) is 0. The first-order valence-electron chi connectivity index (χ1n) is 9.90. The molecule has 0 unspecified atom stereocenters. The van der Waals surface area contributed by atoms with E-state index in [9.17, 15) is 9.59 Å². The summed E-state index contributed by atoms with van der Waals surface area (Å²) in [5, 5.41) is 12.3. The van der Waals surface area contributed by atoms with E-state index >= 15 is 0 Å². The third-order valence-electron chi connectivity index (χ3n) is 5.07. The van der Waals surface area contributed by atoms with E-state index in [2.05, 4.69) is 32.4 Å². The van der Waals surface area contributed by atoms with Crippen molar-refractivity contribution in [2.45, 2.75) is 26.3 Å². The van der Waals surface area contributed by atoms with Crippen molar-refractivity contribution in [2.75, 3.05) is 18.5 Å². The summed E-state index contributed by atoms with van der Waals surface area (Å²) in [6.45, 7) is 2.95. The van der Waals surface area contributed by atoms with Crippen LogP contribution in [0.3, 0.4) is 0 Å². The van der Waals surface area contributed by atoms with Gasteiger partial charge in [-0.15, -0.1) is 0 Å². The molecule has 8 nitrogen and oxygen atoms in total. The van der Waals surface area contributed by atoms with Crippen LogP contribution in [0.5, 0.6) is 0 Å². The Morgan fingerprint density at radius 1 is 1.13 bits per heavy atom. The standard InChI is InChI=1S/C22H23N5O3/c1-14-12-17-18(13-16(14)23-9-11-28)27(10-5-8-15-6-3-2-4-7-15)20-19(24-17)21(29)26-22(30)25-20/h2-4,6-7,12-13,23,28H,5,8-11H2,1H3,(H,26,29,30). The molecule has 2 aromatic carbocycles. The molecule has 0 fully saturated rings. The van der Waals surface area contributed by atoms with Gasteiger partial charge in [-0.25, -0.2) is 9.78 Å². The monoisotopic (exact) mass is 405 g/mol. The van der Waals surface area contributed by atoms with Crippen LogP contribution in [-0.2, 0) is 13.0 Å². The first kappa shape index (κ1) is 19.8. The number of rotatable bonds is 7. The Hall–Kier alpha value is -3.52. The molecular weight excluding hydrogens is 382 g/mol. The number of nitrogens with zero attached hydrogens (tertiary/aromatic N) is 3. The summed E-state index contributed by atoms with van der Waals surface area (Å²) in [6, 6.07) is 14.0. The second-order valence-electron chi connectivity index (χ2n) is 7.20. The molecule has 0 saturated heterocycles. The molecule has 0 aromatic heterocycles. The van der Waals surface area contributed by atoms with Gasteiger partial charge in [-0.05, 0) is 43.0 Å². The molecule has 0 amide bonds. The van der Waals surface area contributed by atoms with Gasteiger partial charge in [0.15, 0.2) is 11.5 Å². The van der Waals surface area contributed by atoms with E-state index < -0.39 is 11.2 Å². The number of H-pyrrole nitrogens is 1. The summed E-state index contributed by atoms with van der Waals surface area (Å²) in [4.78, 5) is 35.0. The van der Waals surface area contributed by atoms with Crippen molar-refractivity contribution in [3.05, 3.63) is 74.4 Å². The van der Waals surface area contributed by atoms with Gasteiger partial charge in [-0.3, -0.25) is 9.78 Å². The van der Waals surface area contributed by atoms with E-state index in [1.807, 2.05) is 41.8 Å². The van der Waals surface area contributed by atoms with Crippen LogP contribution < -0.4 is 16.6 Å². The molecule has 2 aliphatic rings. The zero-order valence-electron chi connectivity index (χ0n) is 16.7. The SMILES string of the molecule is Cc1cc2nc3c(=O)[nH]c(=O)nc-3n(CCCc3ccccc3)c2cc1NCCO. The normalized spacial score (nSPS) is 11.3. The number of aliphatic hydroxyl groups excluding tert-OH is 1. The van der Waals surface area contributed by atoms with E-state index in [-0.39, 0.29) is 18.1 Å². The van der Waals surface area contributed by atoms with Gasteiger partial charge in [-0.2, -0.15) is 4.98 Å². The Morgan fingerprint density at radius 2 is 1.93 bits per heavy atom. The zero-order chi connectivity index (χ0) is 21.1. The van der Waals surface area contributed by atoms with Crippen LogP contribution in [0.15, 0.2) is 52.1 Å². The number of aliphatic hydroxyl groups is 1. The van der Waals surface area contributed by atoms with Crippen molar-refractivity contribution in [1.29, 1.82) is 0 Å². The van der Waals surface area contributed by atoms with Gasteiger partial charge >= 0.3 is 5.69 Å². The molecule has 2 aromatic rings. The molecule has 0 aliphatic carbocycles. The second-order valence-corrected chi connectivity index (χ2v) is 7.20. The highest BCUT2D eigenvalue weighted by Crippen LogP contribution is 2.27. The number of aryl methyl sites for hydroxylation is 3. The molecule has 0 radical (unpaired) electrons. The lowest BCUT2D eigenvalue weighted by atomic mass is 10.1. The summed E-state index contributed by atoms with van der Waals surface area (Å²) < 4.78 is 1.89. The lowest BCUT2D eigenvalue weighted by Gasteiger charge is -2.18. The Kier molecular flexibility index (Phi) is 5.58. The number of anilines is 1. The van der Waals surface area contributed by atoms with Crippen LogP contribution in [0.1, 0.15) is 17.5 Å². The first-order chi connectivity index (χ1) is 14.6. The van der Waals surface area contributed by atoms with E-state index in [1.54, 1.807) is 0 Å². The average Bonchev–Trinajstić information content (AvgIpc) is 2.73. The van der Waals surface area contributed by atoms with Gasteiger partial charge < -0.3 is 15.0 Å². The van der Waals surface area contributed by atoms with Gasteiger partial charge in [0.1, 0.15) is 0 Å². The molecule has 30 heavy (non-hydrogen) atoms. The third kappa shape index (κ3) is 3.95. The van der Waals surface area contributed by atoms with Crippen LogP contribution in [0.2, 0.25) is 0 Å². The van der Waals surface area contributed by atoms with Gasteiger partial charge in [0.05, 0.1) is 17.6 Å². The quantitative estimate of drug-likeness (QED) is 0.405. The lowest BCUT2D eigenvalue weighted by Crippen LogP contribution is -2.29. The largest absolute Gasteiger partial charge is 0.395 e. The molecule has 0 bridgehead atoms. The van der Waals surface area contributed by atoms with E-state index in [1.165, 1.54) is 5.56 Å². The maximum atomic E-state index is 12.4. The van der Waals surface area contributed by atoms with E-state index in [4.69, 9.17) is 5.11 Å². The minimum Gasteiger partial charge on any atom is -0.395 e. The molecule has 3 N–H and O–H groups in total. The van der Waals surface area contributed by atoms with Crippen LogP contribution in [0.4, 0.5) is 5.69 Å². The second kappa shape index (κ2) is 8.46. The molecule has 4 rings (SSSR count). The summed E-state index contributed by atoms with van der Waals surface area (Å²) in [6.07, 6.45) is 1.66. The number of aromatic amines is 1. The Labute approximate surface area is 172 Å². The predicted octanol–water partition coefficient (Wildman–Crippen LogP) is 1.93. The maximum absolute atomic E-state index is 12.4. The Bertz CT molecular complexity index is 1260. The van der Waals surface area contributed by atoms with Gasteiger partial charge in [-0.1, -0.05) is 30.3 Å². The highest BCUT2D eigenvalue weighted by atomic mass is 16.3.